The molecule has 1 aliphatic heterocycles. The molecule has 0 amide bonds. The standard InChI is InChI=1S/C14H20N2O/c1-3-11-10-13(4-5-14(11)15-2)17-12-6-8-16-9-7-12/h3-5,10,12,15-16H,1,6-9H2,2H3. The van der Waals surface area contributed by atoms with Crippen molar-refractivity contribution in [2.45, 2.75) is 18.9 Å². The summed E-state index contributed by atoms with van der Waals surface area (Å²) in [5.74, 6) is 0.936. The molecule has 1 saturated heterocycles. The number of hydrogen-bond acceptors (Lipinski definition) is 3. The zero-order chi connectivity index (χ0) is 12.1. The second-order valence-electron chi connectivity index (χ2n) is 4.27. The van der Waals surface area contributed by atoms with Gasteiger partial charge in [0.2, 0.25) is 0 Å². The van der Waals surface area contributed by atoms with Crippen molar-refractivity contribution in [1.29, 1.82) is 0 Å². The van der Waals surface area contributed by atoms with Crippen LogP contribution in [0.15, 0.2) is 24.8 Å². The third kappa shape index (κ3) is 3.01. The van der Waals surface area contributed by atoms with Gasteiger partial charge >= 0.3 is 0 Å². The van der Waals surface area contributed by atoms with Crippen LogP contribution >= 0.6 is 0 Å². The van der Waals surface area contributed by atoms with Crippen LogP contribution in [0.3, 0.4) is 0 Å². The minimum Gasteiger partial charge on any atom is -0.490 e. The Morgan fingerprint density at radius 1 is 1.41 bits per heavy atom. The maximum Gasteiger partial charge on any atom is 0.120 e. The molecule has 0 saturated carbocycles. The molecule has 17 heavy (non-hydrogen) atoms. The average Bonchev–Trinajstić information content (AvgIpc) is 2.40. The first-order valence-electron chi connectivity index (χ1n) is 6.15. The molecule has 0 atom stereocenters. The van der Waals surface area contributed by atoms with E-state index in [0.717, 1.165) is 42.9 Å². The van der Waals surface area contributed by atoms with E-state index in [2.05, 4.69) is 17.2 Å². The first-order chi connectivity index (χ1) is 8.33. The zero-order valence-electron chi connectivity index (χ0n) is 10.3. The van der Waals surface area contributed by atoms with E-state index >= 15 is 0 Å². The summed E-state index contributed by atoms with van der Waals surface area (Å²) in [6.45, 7) is 5.92. The highest BCUT2D eigenvalue weighted by molar-refractivity contribution is 5.67. The van der Waals surface area contributed by atoms with E-state index in [-0.39, 0.29) is 0 Å². The van der Waals surface area contributed by atoms with Crippen LogP contribution in [0.25, 0.3) is 6.08 Å². The summed E-state index contributed by atoms with van der Waals surface area (Å²) in [5, 5.41) is 6.48. The normalized spacial score (nSPS) is 16.5. The fourth-order valence-corrected chi connectivity index (χ4v) is 2.12. The van der Waals surface area contributed by atoms with Crippen molar-refractivity contribution >= 4 is 11.8 Å². The minimum atomic E-state index is 0.342. The Balaban J connectivity index is 2.07. The van der Waals surface area contributed by atoms with Crippen LogP contribution in [-0.2, 0) is 0 Å². The van der Waals surface area contributed by atoms with Crippen LogP contribution in [0, 0.1) is 0 Å². The van der Waals surface area contributed by atoms with E-state index in [1.807, 2.05) is 31.3 Å². The SMILES string of the molecule is C=Cc1cc(OC2CCNCC2)ccc1NC. The van der Waals surface area contributed by atoms with Crippen molar-refractivity contribution in [3.63, 3.8) is 0 Å². The number of benzene rings is 1. The summed E-state index contributed by atoms with van der Waals surface area (Å²) in [5.41, 5.74) is 2.16. The average molecular weight is 232 g/mol. The molecule has 1 heterocycles. The number of ether oxygens (including phenoxy) is 1. The molecule has 0 unspecified atom stereocenters. The molecule has 0 aliphatic carbocycles. The highest BCUT2D eigenvalue weighted by atomic mass is 16.5. The molecule has 1 fully saturated rings. The highest BCUT2D eigenvalue weighted by Gasteiger charge is 2.14. The molecule has 1 aliphatic rings. The summed E-state index contributed by atoms with van der Waals surface area (Å²) in [7, 11) is 1.91. The van der Waals surface area contributed by atoms with Gasteiger partial charge in [-0.15, -0.1) is 0 Å². The molecule has 0 bridgehead atoms. The van der Waals surface area contributed by atoms with Crippen molar-refractivity contribution < 1.29 is 4.74 Å². The van der Waals surface area contributed by atoms with Crippen LogP contribution in [-0.4, -0.2) is 26.2 Å². The van der Waals surface area contributed by atoms with Gasteiger partial charge in [0, 0.05) is 18.3 Å². The number of hydrogen-bond donors (Lipinski definition) is 2. The molecule has 0 radical (unpaired) electrons. The monoisotopic (exact) mass is 232 g/mol. The maximum atomic E-state index is 5.98. The third-order valence-corrected chi connectivity index (χ3v) is 3.10. The number of nitrogens with one attached hydrogen (secondary N) is 2. The van der Waals surface area contributed by atoms with Gasteiger partial charge in [0.1, 0.15) is 11.9 Å². The number of rotatable bonds is 4. The van der Waals surface area contributed by atoms with Crippen LogP contribution in [0.2, 0.25) is 0 Å². The van der Waals surface area contributed by atoms with E-state index in [1.54, 1.807) is 0 Å². The van der Waals surface area contributed by atoms with Gasteiger partial charge in [-0.2, -0.15) is 0 Å². The molecular weight excluding hydrogens is 212 g/mol. The van der Waals surface area contributed by atoms with Gasteiger partial charge in [-0.25, -0.2) is 0 Å². The predicted molar refractivity (Wildman–Crippen MR) is 72.6 cm³/mol. The van der Waals surface area contributed by atoms with E-state index in [9.17, 15) is 0 Å². The topological polar surface area (TPSA) is 33.3 Å². The van der Waals surface area contributed by atoms with E-state index in [0.29, 0.717) is 6.10 Å². The summed E-state index contributed by atoms with van der Waals surface area (Å²) < 4.78 is 5.98. The minimum absolute atomic E-state index is 0.342. The number of piperidine rings is 1. The van der Waals surface area contributed by atoms with Gasteiger partial charge in [-0.05, 0) is 44.1 Å². The van der Waals surface area contributed by atoms with Crippen molar-refractivity contribution in [2.24, 2.45) is 0 Å². The molecular formula is C14H20N2O. The summed E-state index contributed by atoms with van der Waals surface area (Å²) in [6.07, 6.45) is 4.35. The lowest BCUT2D eigenvalue weighted by molar-refractivity contribution is 0.162. The Kier molecular flexibility index (Phi) is 4.04. The first kappa shape index (κ1) is 12.0. The van der Waals surface area contributed by atoms with Crippen LogP contribution in [0.5, 0.6) is 5.75 Å². The Morgan fingerprint density at radius 2 is 2.18 bits per heavy atom. The number of anilines is 1. The fraction of sp³-hybridized carbons (Fsp3) is 0.429. The second kappa shape index (κ2) is 5.73. The predicted octanol–water partition coefficient (Wildman–Crippen LogP) is 2.50. The molecule has 3 heteroatoms. The Morgan fingerprint density at radius 3 is 2.82 bits per heavy atom. The second-order valence-corrected chi connectivity index (χ2v) is 4.27. The van der Waals surface area contributed by atoms with Crippen molar-refractivity contribution in [3.05, 3.63) is 30.3 Å². The summed E-state index contributed by atoms with van der Waals surface area (Å²) in [4.78, 5) is 0. The molecule has 92 valence electrons. The summed E-state index contributed by atoms with van der Waals surface area (Å²) >= 11 is 0. The van der Waals surface area contributed by atoms with Gasteiger partial charge in [0.15, 0.2) is 0 Å². The van der Waals surface area contributed by atoms with Crippen LogP contribution in [0.1, 0.15) is 18.4 Å². The smallest absolute Gasteiger partial charge is 0.120 e. The quantitative estimate of drug-likeness (QED) is 0.837. The highest BCUT2D eigenvalue weighted by Crippen LogP contribution is 2.24. The van der Waals surface area contributed by atoms with Gasteiger partial charge in [0.05, 0.1) is 0 Å². The molecule has 2 N–H and O–H groups in total. The zero-order valence-corrected chi connectivity index (χ0v) is 10.3. The van der Waals surface area contributed by atoms with Gasteiger partial charge < -0.3 is 15.4 Å². The Hall–Kier alpha value is -1.48. The largest absolute Gasteiger partial charge is 0.490 e. The Bertz CT molecular complexity index is 384. The van der Waals surface area contributed by atoms with Gasteiger partial charge in [-0.3, -0.25) is 0 Å². The van der Waals surface area contributed by atoms with E-state index in [1.165, 1.54) is 0 Å². The van der Waals surface area contributed by atoms with Gasteiger partial charge in [-0.1, -0.05) is 12.7 Å². The van der Waals surface area contributed by atoms with E-state index in [4.69, 9.17) is 4.74 Å². The molecule has 2 rings (SSSR count). The van der Waals surface area contributed by atoms with E-state index < -0.39 is 0 Å². The Labute approximate surface area is 103 Å². The summed E-state index contributed by atoms with van der Waals surface area (Å²) in [6, 6.07) is 6.09. The maximum absolute atomic E-state index is 5.98. The molecule has 0 spiro atoms. The van der Waals surface area contributed by atoms with Crippen LogP contribution in [0.4, 0.5) is 5.69 Å². The first-order valence-corrected chi connectivity index (χ1v) is 6.15. The van der Waals surface area contributed by atoms with Gasteiger partial charge in [0.25, 0.3) is 0 Å². The molecule has 3 nitrogen and oxygen atoms in total. The molecule has 1 aromatic carbocycles. The van der Waals surface area contributed by atoms with Crippen LogP contribution < -0.4 is 15.4 Å². The molecule has 1 aromatic rings. The van der Waals surface area contributed by atoms with Crippen molar-refractivity contribution in [3.8, 4) is 5.75 Å². The third-order valence-electron chi connectivity index (χ3n) is 3.10. The van der Waals surface area contributed by atoms with Crippen molar-refractivity contribution in [1.82, 2.24) is 5.32 Å². The fourth-order valence-electron chi connectivity index (χ4n) is 2.12. The lowest BCUT2D eigenvalue weighted by Crippen LogP contribution is -2.34. The molecule has 0 aromatic heterocycles. The lowest BCUT2D eigenvalue weighted by Gasteiger charge is -2.24. The van der Waals surface area contributed by atoms with Crippen molar-refractivity contribution in [2.75, 3.05) is 25.5 Å². The lowest BCUT2D eigenvalue weighted by atomic mass is 10.1.